The quantitative estimate of drug-likeness (QED) is 0.614. The van der Waals surface area contributed by atoms with E-state index in [2.05, 4.69) is 36.9 Å². The van der Waals surface area contributed by atoms with Gasteiger partial charge in [-0.05, 0) is 48.8 Å². The molecule has 1 atom stereocenters. The second kappa shape index (κ2) is 12.1. The van der Waals surface area contributed by atoms with Crippen molar-refractivity contribution in [2.75, 3.05) is 26.2 Å². The minimum atomic E-state index is -0.454. The zero-order valence-corrected chi connectivity index (χ0v) is 16.3. The normalized spacial score (nSPS) is 12.2. The van der Waals surface area contributed by atoms with Crippen molar-refractivity contribution in [2.45, 2.75) is 45.6 Å². The molecule has 0 spiro atoms. The van der Waals surface area contributed by atoms with Crippen molar-refractivity contribution >= 4 is 23.2 Å². The Hall–Kier alpha value is -1.29. The molecule has 0 heterocycles. The molecule has 0 radical (unpaired) electrons. The summed E-state index contributed by atoms with van der Waals surface area (Å²) in [5.41, 5.74) is 0. The monoisotopic (exact) mass is 365 g/mol. The Morgan fingerprint density at radius 1 is 0.960 bits per heavy atom. The van der Waals surface area contributed by atoms with Crippen molar-refractivity contribution in [3.63, 3.8) is 0 Å². The van der Waals surface area contributed by atoms with Crippen molar-refractivity contribution in [3.05, 3.63) is 42.5 Å². The SMILES string of the molecule is CCCCN(CCCC)CC(O)COc1ccc2ccccc2c1.Cl. The number of fused-ring (bicyclic) bond motifs is 1. The minimum Gasteiger partial charge on any atom is -0.491 e. The standard InChI is InChI=1S/C21H31NO2.ClH/c1-3-5-13-22(14-6-4-2)16-20(23)17-24-21-12-11-18-9-7-8-10-19(18)15-21;/h7-12,15,20,23H,3-6,13-14,16-17H2,1-2H3;1H. The van der Waals surface area contributed by atoms with E-state index in [1.54, 1.807) is 0 Å². The van der Waals surface area contributed by atoms with Crippen LogP contribution in [0.5, 0.6) is 5.75 Å². The lowest BCUT2D eigenvalue weighted by atomic mass is 10.1. The number of ether oxygens (including phenoxy) is 1. The summed E-state index contributed by atoms with van der Waals surface area (Å²) in [6, 6.07) is 14.3. The maximum atomic E-state index is 10.3. The number of aliphatic hydroxyl groups excluding tert-OH is 1. The third kappa shape index (κ3) is 7.64. The second-order valence-corrected chi connectivity index (χ2v) is 6.48. The molecule has 0 fully saturated rings. The van der Waals surface area contributed by atoms with E-state index >= 15 is 0 Å². The third-order valence-corrected chi connectivity index (χ3v) is 4.29. The van der Waals surface area contributed by atoms with Gasteiger partial charge in [0.2, 0.25) is 0 Å². The van der Waals surface area contributed by atoms with Gasteiger partial charge in [-0.2, -0.15) is 0 Å². The van der Waals surface area contributed by atoms with E-state index in [9.17, 15) is 5.11 Å². The molecule has 4 heteroatoms. The number of hydrogen-bond acceptors (Lipinski definition) is 3. The average Bonchev–Trinajstić information content (AvgIpc) is 2.62. The zero-order valence-electron chi connectivity index (χ0n) is 15.5. The number of halogens is 1. The summed E-state index contributed by atoms with van der Waals surface area (Å²) < 4.78 is 5.81. The van der Waals surface area contributed by atoms with Gasteiger partial charge in [0.15, 0.2) is 0 Å². The van der Waals surface area contributed by atoms with Gasteiger partial charge in [-0.15, -0.1) is 12.4 Å². The van der Waals surface area contributed by atoms with Crippen LogP contribution in [0.1, 0.15) is 39.5 Å². The van der Waals surface area contributed by atoms with Gasteiger partial charge in [-0.1, -0.05) is 57.0 Å². The van der Waals surface area contributed by atoms with Crippen molar-refractivity contribution < 1.29 is 9.84 Å². The molecule has 0 aliphatic rings. The Bertz CT molecular complexity index is 597. The Balaban J connectivity index is 0.00000312. The molecule has 140 valence electrons. The third-order valence-electron chi connectivity index (χ3n) is 4.29. The van der Waals surface area contributed by atoms with Gasteiger partial charge in [0, 0.05) is 6.54 Å². The van der Waals surface area contributed by atoms with Gasteiger partial charge < -0.3 is 14.7 Å². The summed E-state index contributed by atoms with van der Waals surface area (Å²) in [4.78, 5) is 2.36. The van der Waals surface area contributed by atoms with Crippen LogP contribution in [0.15, 0.2) is 42.5 Å². The molecule has 0 aliphatic carbocycles. The molecule has 0 amide bonds. The largest absolute Gasteiger partial charge is 0.491 e. The van der Waals surface area contributed by atoms with Crippen LogP contribution in [0.2, 0.25) is 0 Å². The first-order valence-electron chi connectivity index (χ1n) is 9.25. The number of unbranched alkanes of at least 4 members (excludes halogenated alkanes) is 2. The van der Waals surface area contributed by atoms with E-state index in [1.165, 1.54) is 31.1 Å². The van der Waals surface area contributed by atoms with E-state index in [-0.39, 0.29) is 12.4 Å². The molecule has 0 saturated carbocycles. The highest BCUT2D eigenvalue weighted by Crippen LogP contribution is 2.20. The van der Waals surface area contributed by atoms with Crippen molar-refractivity contribution in [1.82, 2.24) is 4.90 Å². The minimum absolute atomic E-state index is 0. The molecule has 3 nitrogen and oxygen atoms in total. The fourth-order valence-corrected chi connectivity index (χ4v) is 2.86. The van der Waals surface area contributed by atoms with Crippen LogP contribution in [0, 0.1) is 0 Å². The molecule has 1 N–H and O–H groups in total. The first-order valence-corrected chi connectivity index (χ1v) is 9.25. The number of aliphatic hydroxyl groups is 1. The van der Waals surface area contributed by atoms with Gasteiger partial charge in [-0.25, -0.2) is 0 Å². The average molecular weight is 366 g/mol. The van der Waals surface area contributed by atoms with Gasteiger partial charge >= 0.3 is 0 Å². The summed E-state index contributed by atoms with van der Waals surface area (Å²) in [5.74, 6) is 0.821. The molecule has 25 heavy (non-hydrogen) atoms. The predicted octanol–water partition coefficient (Wildman–Crippen LogP) is 4.90. The van der Waals surface area contributed by atoms with Crippen LogP contribution >= 0.6 is 12.4 Å². The number of nitrogens with zero attached hydrogens (tertiary/aromatic N) is 1. The fourth-order valence-electron chi connectivity index (χ4n) is 2.86. The molecule has 2 rings (SSSR count). The Labute approximate surface area is 158 Å². The fraction of sp³-hybridized carbons (Fsp3) is 0.524. The van der Waals surface area contributed by atoms with E-state index in [1.807, 2.05) is 24.3 Å². The second-order valence-electron chi connectivity index (χ2n) is 6.48. The summed E-state index contributed by atoms with van der Waals surface area (Å²) in [6.07, 6.45) is 4.29. The van der Waals surface area contributed by atoms with Crippen molar-refractivity contribution in [1.29, 1.82) is 0 Å². The van der Waals surface area contributed by atoms with Gasteiger partial charge in [0.25, 0.3) is 0 Å². The first kappa shape index (κ1) is 21.8. The van der Waals surface area contributed by atoms with Crippen molar-refractivity contribution in [3.8, 4) is 5.75 Å². The summed E-state index contributed by atoms with van der Waals surface area (Å²) >= 11 is 0. The molecular formula is C21H32ClNO2. The summed E-state index contributed by atoms with van der Waals surface area (Å²) in [7, 11) is 0. The van der Waals surface area contributed by atoms with Crippen molar-refractivity contribution in [2.24, 2.45) is 0 Å². The Morgan fingerprint density at radius 3 is 2.24 bits per heavy atom. The number of rotatable bonds is 11. The van der Waals surface area contributed by atoms with E-state index in [0.717, 1.165) is 24.2 Å². The molecular weight excluding hydrogens is 334 g/mol. The topological polar surface area (TPSA) is 32.7 Å². The molecule has 0 aromatic heterocycles. The van der Waals surface area contributed by atoms with Crippen LogP contribution in [-0.4, -0.2) is 42.4 Å². The predicted molar refractivity (Wildman–Crippen MR) is 109 cm³/mol. The molecule has 1 unspecified atom stereocenters. The lowest BCUT2D eigenvalue weighted by Crippen LogP contribution is -2.36. The lowest BCUT2D eigenvalue weighted by molar-refractivity contribution is 0.0672. The Morgan fingerprint density at radius 2 is 1.60 bits per heavy atom. The van der Waals surface area contributed by atoms with Crippen LogP contribution in [0.25, 0.3) is 10.8 Å². The highest BCUT2D eigenvalue weighted by molar-refractivity contribution is 5.85. The maximum Gasteiger partial charge on any atom is 0.120 e. The summed E-state index contributed by atoms with van der Waals surface area (Å²) in [5, 5.41) is 12.7. The molecule has 0 saturated heterocycles. The van der Waals surface area contributed by atoms with Gasteiger partial charge in [0.05, 0.1) is 0 Å². The number of hydrogen-bond donors (Lipinski definition) is 1. The smallest absolute Gasteiger partial charge is 0.120 e. The lowest BCUT2D eigenvalue weighted by Gasteiger charge is -2.25. The zero-order chi connectivity index (χ0) is 17.2. The first-order chi connectivity index (χ1) is 11.7. The van der Waals surface area contributed by atoms with Gasteiger partial charge in [-0.3, -0.25) is 0 Å². The van der Waals surface area contributed by atoms with E-state index < -0.39 is 6.10 Å². The Kier molecular flexibility index (Phi) is 10.6. The van der Waals surface area contributed by atoms with E-state index in [0.29, 0.717) is 13.2 Å². The maximum absolute atomic E-state index is 10.3. The number of benzene rings is 2. The molecule has 0 bridgehead atoms. The molecule has 0 aliphatic heterocycles. The van der Waals surface area contributed by atoms with Crippen LogP contribution in [0.4, 0.5) is 0 Å². The highest BCUT2D eigenvalue weighted by atomic mass is 35.5. The van der Waals surface area contributed by atoms with Gasteiger partial charge in [0.1, 0.15) is 18.5 Å². The highest BCUT2D eigenvalue weighted by Gasteiger charge is 2.12. The van der Waals surface area contributed by atoms with Crippen LogP contribution in [0.3, 0.4) is 0 Å². The summed E-state index contributed by atoms with van der Waals surface area (Å²) in [6.45, 7) is 7.56. The van der Waals surface area contributed by atoms with E-state index in [4.69, 9.17) is 4.74 Å². The molecule has 2 aromatic carbocycles. The molecule has 2 aromatic rings. The van der Waals surface area contributed by atoms with Crippen LogP contribution in [-0.2, 0) is 0 Å². The van der Waals surface area contributed by atoms with Crippen LogP contribution < -0.4 is 4.74 Å².